The minimum atomic E-state index is -1.47. The van der Waals surface area contributed by atoms with Gasteiger partial charge in [0.05, 0.1) is 0 Å². The molecular formula is C18H13AsBr2. The summed E-state index contributed by atoms with van der Waals surface area (Å²) in [4.78, 5) is 0. The number of hydrogen-bond donors (Lipinski definition) is 0. The fourth-order valence-corrected chi connectivity index (χ4v) is 7.47. The molecule has 0 unspecified atom stereocenters. The van der Waals surface area contributed by atoms with E-state index in [1.807, 2.05) is 0 Å². The molecule has 0 nitrogen and oxygen atoms in total. The van der Waals surface area contributed by atoms with Crippen LogP contribution in [0.2, 0.25) is 0 Å². The van der Waals surface area contributed by atoms with E-state index in [2.05, 4.69) is 111 Å². The van der Waals surface area contributed by atoms with E-state index < -0.39 is 14.7 Å². The average molecular weight is 464 g/mol. The van der Waals surface area contributed by atoms with Gasteiger partial charge in [0, 0.05) is 0 Å². The Morgan fingerprint density at radius 2 is 0.857 bits per heavy atom. The van der Waals surface area contributed by atoms with Gasteiger partial charge >= 0.3 is 147 Å². The standard InChI is InChI=1S/C18H13AsBr2/c20-17-10-6-15(7-11-17)19(14-4-2-1-3-5-14)16-8-12-18(21)13-9-16/h1-13H. The van der Waals surface area contributed by atoms with Crippen molar-refractivity contribution in [2.45, 2.75) is 0 Å². The number of benzene rings is 3. The maximum atomic E-state index is 3.53. The molecule has 0 aliphatic carbocycles. The van der Waals surface area contributed by atoms with Gasteiger partial charge in [0.15, 0.2) is 0 Å². The second-order valence-corrected chi connectivity index (χ2v) is 11.1. The third kappa shape index (κ3) is 3.69. The van der Waals surface area contributed by atoms with Crippen LogP contribution in [0.4, 0.5) is 0 Å². The van der Waals surface area contributed by atoms with Crippen molar-refractivity contribution in [3.05, 3.63) is 87.8 Å². The summed E-state index contributed by atoms with van der Waals surface area (Å²) in [6, 6.07) is 28.4. The molecule has 3 aromatic rings. The third-order valence-corrected chi connectivity index (χ3v) is 9.37. The van der Waals surface area contributed by atoms with Crippen molar-refractivity contribution in [2.75, 3.05) is 0 Å². The van der Waals surface area contributed by atoms with Crippen LogP contribution in [0.3, 0.4) is 0 Å². The maximum absolute atomic E-state index is 3.53. The Hall–Kier alpha value is -0.822. The molecule has 0 fully saturated rings. The molecule has 0 atom stereocenters. The fraction of sp³-hybridized carbons (Fsp3) is 0. The summed E-state index contributed by atoms with van der Waals surface area (Å²) in [5, 5.41) is 0. The second kappa shape index (κ2) is 6.96. The molecule has 21 heavy (non-hydrogen) atoms. The normalized spacial score (nSPS) is 10.8. The molecule has 0 amide bonds. The van der Waals surface area contributed by atoms with E-state index in [1.165, 1.54) is 13.1 Å². The number of rotatable bonds is 3. The van der Waals surface area contributed by atoms with Gasteiger partial charge < -0.3 is 0 Å². The van der Waals surface area contributed by atoms with E-state index in [0.717, 1.165) is 8.95 Å². The SMILES string of the molecule is Brc1ccc([As](c2ccccc2)c2ccc(Br)cc2)cc1. The summed E-state index contributed by atoms with van der Waals surface area (Å²) in [6.45, 7) is 0. The van der Waals surface area contributed by atoms with Crippen molar-refractivity contribution < 1.29 is 0 Å². The molecular weight excluding hydrogens is 451 g/mol. The first kappa shape index (κ1) is 15.1. The quantitative estimate of drug-likeness (QED) is 0.519. The first-order valence-electron chi connectivity index (χ1n) is 6.60. The van der Waals surface area contributed by atoms with E-state index in [0.29, 0.717) is 0 Å². The average Bonchev–Trinajstić information content (AvgIpc) is 2.52. The van der Waals surface area contributed by atoms with Gasteiger partial charge in [-0.25, -0.2) is 0 Å². The summed E-state index contributed by atoms with van der Waals surface area (Å²) >= 11 is 5.58. The summed E-state index contributed by atoms with van der Waals surface area (Å²) < 4.78 is 6.60. The zero-order valence-corrected chi connectivity index (χ0v) is 16.3. The molecule has 0 bridgehead atoms. The molecule has 3 rings (SSSR count). The molecule has 0 aliphatic rings. The number of halogens is 2. The molecule has 0 aliphatic heterocycles. The van der Waals surface area contributed by atoms with Gasteiger partial charge in [-0.2, -0.15) is 0 Å². The predicted molar refractivity (Wildman–Crippen MR) is 99.4 cm³/mol. The van der Waals surface area contributed by atoms with Crippen LogP contribution in [0.15, 0.2) is 87.8 Å². The monoisotopic (exact) mass is 462 g/mol. The van der Waals surface area contributed by atoms with Crippen LogP contribution in [0.25, 0.3) is 0 Å². The Bertz CT molecular complexity index is 661. The van der Waals surface area contributed by atoms with E-state index in [-0.39, 0.29) is 0 Å². The molecule has 3 heteroatoms. The van der Waals surface area contributed by atoms with Gasteiger partial charge in [-0.3, -0.25) is 0 Å². The van der Waals surface area contributed by atoms with E-state index >= 15 is 0 Å². The van der Waals surface area contributed by atoms with Crippen LogP contribution < -0.4 is 13.1 Å². The Morgan fingerprint density at radius 3 is 1.29 bits per heavy atom. The Labute approximate surface area is 146 Å². The van der Waals surface area contributed by atoms with Gasteiger partial charge in [-0.1, -0.05) is 0 Å². The van der Waals surface area contributed by atoms with Crippen LogP contribution in [0.1, 0.15) is 0 Å². The van der Waals surface area contributed by atoms with E-state index in [9.17, 15) is 0 Å². The van der Waals surface area contributed by atoms with Gasteiger partial charge in [0.25, 0.3) is 0 Å². The molecule has 0 saturated carbocycles. The topological polar surface area (TPSA) is 0 Å². The zero-order chi connectivity index (χ0) is 14.7. The first-order valence-corrected chi connectivity index (χ1v) is 11.0. The minimum absolute atomic E-state index is 1.13. The van der Waals surface area contributed by atoms with Gasteiger partial charge in [-0.15, -0.1) is 0 Å². The molecule has 3 aromatic carbocycles. The molecule has 0 spiro atoms. The van der Waals surface area contributed by atoms with Crippen LogP contribution in [0.5, 0.6) is 0 Å². The third-order valence-electron chi connectivity index (χ3n) is 3.18. The van der Waals surface area contributed by atoms with Crippen molar-refractivity contribution in [2.24, 2.45) is 0 Å². The van der Waals surface area contributed by atoms with Crippen LogP contribution in [-0.2, 0) is 0 Å². The summed E-state index contributed by atoms with van der Waals surface area (Å²) in [5.74, 6) is 0. The summed E-state index contributed by atoms with van der Waals surface area (Å²) in [6.07, 6.45) is 0. The Balaban J connectivity index is 2.11. The Kier molecular flexibility index (Phi) is 5.00. The van der Waals surface area contributed by atoms with Crippen LogP contribution >= 0.6 is 31.9 Å². The molecule has 0 heterocycles. The van der Waals surface area contributed by atoms with Gasteiger partial charge in [0.2, 0.25) is 0 Å². The molecule has 0 aromatic heterocycles. The van der Waals surface area contributed by atoms with Crippen molar-refractivity contribution >= 4 is 59.6 Å². The van der Waals surface area contributed by atoms with Crippen molar-refractivity contribution in [3.63, 3.8) is 0 Å². The van der Waals surface area contributed by atoms with E-state index in [1.54, 1.807) is 0 Å². The van der Waals surface area contributed by atoms with Crippen LogP contribution in [-0.4, -0.2) is 14.7 Å². The first-order chi connectivity index (χ1) is 10.2. The molecule has 0 N–H and O–H groups in total. The fourth-order valence-electron chi connectivity index (χ4n) is 2.20. The summed E-state index contributed by atoms with van der Waals surface area (Å²) in [7, 11) is 0. The zero-order valence-electron chi connectivity index (χ0n) is 11.2. The van der Waals surface area contributed by atoms with E-state index in [4.69, 9.17) is 0 Å². The predicted octanol–water partition coefficient (Wildman–Crippen LogP) is 3.73. The molecule has 0 radical (unpaired) electrons. The van der Waals surface area contributed by atoms with Gasteiger partial charge in [0.1, 0.15) is 0 Å². The molecule has 104 valence electrons. The molecule has 0 saturated heterocycles. The summed E-state index contributed by atoms with van der Waals surface area (Å²) in [5.41, 5.74) is 0. The van der Waals surface area contributed by atoms with Crippen molar-refractivity contribution in [1.82, 2.24) is 0 Å². The second-order valence-electron chi connectivity index (χ2n) is 4.62. The Morgan fingerprint density at radius 1 is 0.476 bits per heavy atom. The van der Waals surface area contributed by atoms with Gasteiger partial charge in [-0.05, 0) is 0 Å². The number of hydrogen-bond acceptors (Lipinski definition) is 0. The van der Waals surface area contributed by atoms with Crippen molar-refractivity contribution in [3.8, 4) is 0 Å². The van der Waals surface area contributed by atoms with Crippen LogP contribution in [0, 0.1) is 0 Å². The van der Waals surface area contributed by atoms with Crippen molar-refractivity contribution in [1.29, 1.82) is 0 Å².